The van der Waals surface area contributed by atoms with Crippen molar-refractivity contribution in [2.24, 2.45) is 0 Å². The first-order valence-electron chi connectivity index (χ1n) is 4.95. The van der Waals surface area contributed by atoms with E-state index in [1.54, 1.807) is 24.3 Å². The molecule has 5 heteroatoms. The minimum absolute atomic E-state index is 0.0741. The first-order valence-corrected chi connectivity index (χ1v) is 4.95. The van der Waals surface area contributed by atoms with Gasteiger partial charge in [0, 0.05) is 25.5 Å². The fourth-order valence-electron chi connectivity index (χ4n) is 1.45. The number of carboxylic acid groups (broad SMARTS) is 1. The Kier molecular flexibility index (Phi) is 3.98. The zero-order chi connectivity index (χ0) is 12.2. The van der Waals surface area contributed by atoms with Crippen molar-refractivity contribution < 1.29 is 15.0 Å². The summed E-state index contributed by atoms with van der Waals surface area (Å²) in [6, 6.07) is 3.71. The van der Waals surface area contributed by atoms with Gasteiger partial charge in [-0.3, -0.25) is 9.88 Å². The van der Waals surface area contributed by atoms with Gasteiger partial charge in [0.2, 0.25) is 0 Å². The Morgan fingerprint density at radius 3 is 2.56 bits per heavy atom. The van der Waals surface area contributed by atoms with Crippen LogP contribution in [0.1, 0.15) is 12.5 Å². The molecule has 0 fully saturated rings. The molecule has 0 saturated carbocycles. The van der Waals surface area contributed by atoms with Crippen LogP contribution in [-0.2, 0) is 11.3 Å². The van der Waals surface area contributed by atoms with E-state index < -0.39 is 11.6 Å². The predicted molar refractivity (Wildman–Crippen MR) is 58.8 cm³/mol. The van der Waals surface area contributed by atoms with E-state index in [1.165, 1.54) is 6.92 Å². The van der Waals surface area contributed by atoms with Gasteiger partial charge in [-0.25, -0.2) is 4.79 Å². The standard InChI is InChI=1S/C11H16N2O3/c1-11(16,10(14)15)8-13(2)7-9-3-5-12-6-4-9/h3-6,16H,7-8H2,1-2H3,(H,14,15). The van der Waals surface area contributed by atoms with E-state index in [0.29, 0.717) is 6.54 Å². The second-order valence-corrected chi connectivity index (χ2v) is 4.11. The highest BCUT2D eigenvalue weighted by atomic mass is 16.4. The molecule has 5 nitrogen and oxygen atoms in total. The molecule has 1 aromatic rings. The van der Waals surface area contributed by atoms with Gasteiger partial charge in [-0.1, -0.05) is 0 Å². The number of aliphatic carboxylic acids is 1. The van der Waals surface area contributed by atoms with E-state index in [2.05, 4.69) is 4.98 Å². The van der Waals surface area contributed by atoms with E-state index in [-0.39, 0.29) is 6.54 Å². The molecule has 2 N–H and O–H groups in total. The van der Waals surface area contributed by atoms with E-state index >= 15 is 0 Å². The third-order valence-corrected chi connectivity index (χ3v) is 2.24. The zero-order valence-corrected chi connectivity index (χ0v) is 9.42. The highest BCUT2D eigenvalue weighted by Gasteiger charge is 2.31. The van der Waals surface area contributed by atoms with Crippen molar-refractivity contribution >= 4 is 5.97 Å². The molecule has 0 aromatic carbocycles. The van der Waals surface area contributed by atoms with Gasteiger partial charge < -0.3 is 10.2 Å². The van der Waals surface area contributed by atoms with Gasteiger partial charge >= 0.3 is 5.97 Å². The van der Waals surface area contributed by atoms with E-state index in [0.717, 1.165) is 5.56 Å². The third-order valence-electron chi connectivity index (χ3n) is 2.24. The minimum Gasteiger partial charge on any atom is -0.479 e. The number of pyridine rings is 1. The summed E-state index contributed by atoms with van der Waals surface area (Å²) in [5.74, 6) is -1.21. The number of carboxylic acids is 1. The number of likely N-dealkylation sites (N-methyl/N-ethyl adjacent to an activating group) is 1. The Hall–Kier alpha value is -1.46. The maximum absolute atomic E-state index is 10.7. The molecule has 1 aromatic heterocycles. The minimum atomic E-state index is -1.72. The van der Waals surface area contributed by atoms with Crippen LogP contribution in [0.2, 0.25) is 0 Å². The number of carbonyl (C=O) groups is 1. The molecule has 1 unspecified atom stereocenters. The zero-order valence-electron chi connectivity index (χ0n) is 9.42. The lowest BCUT2D eigenvalue weighted by molar-refractivity contribution is -0.158. The summed E-state index contributed by atoms with van der Waals surface area (Å²) in [7, 11) is 1.76. The van der Waals surface area contributed by atoms with Gasteiger partial charge in [-0.15, -0.1) is 0 Å². The van der Waals surface area contributed by atoms with E-state index in [9.17, 15) is 9.90 Å². The second-order valence-electron chi connectivity index (χ2n) is 4.11. The van der Waals surface area contributed by atoms with Crippen molar-refractivity contribution in [2.45, 2.75) is 19.1 Å². The van der Waals surface area contributed by atoms with Crippen LogP contribution < -0.4 is 0 Å². The van der Waals surface area contributed by atoms with Crippen molar-refractivity contribution in [1.29, 1.82) is 0 Å². The molecule has 0 amide bonds. The summed E-state index contributed by atoms with van der Waals surface area (Å²) in [6.07, 6.45) is 3.36. The lowest BCUT2D eigenvalue weighted by Gasteiger charge is -2.25. The number of nitrogens with zero attached hydrogens (tertiary/aromatic N) is 2. The van der Waals surface area contributed by atoms with Crippen LogP contribution in [0.5, 0.6) is 0 Å². The smallest absolute Gasteiger partial charge is 0.336 e. The Morgan fingerprint density at radius 2 is 2.06 bits per heavy atom. The molecule has 0 aliphatic rings. The summed E-state index contributed by atoms with van der Waals surface area (Å²) in [5.41, 5.74) is -0.694. The molecular weight excluding hydrogens is 208 g/mol. The Morgan fingerprint density at radius 1 is 1.50 bits per heavy atom. The van der Waals surface area contributed by atoms with Gasteiger partial charge in [-0.2, -0.15) is 0 Å². The summed E-state index contributed by atoms with van der Waals surface area (Å²) in [5, 5.41) is 18.4. The average molecular weight is 224 g/mol. The molecule has 0 spiro atoms. The topological polar surface area (TPSA) is 73.7 Å². The first kappa shape index (κ1) is 12.6. The quantitative estimate of drug-likeness (QED) is 0.755. The molecule has 0 radical (unpaired) electrons. The molecular formula is C11H16N2O3. The highest BCUT2D eigenvalue weighted by molar-refractivity contribution is 5.76. The number of rotatable bonds is 5. The second kappa shape index (κ2) is 5.05. The fraction of sp³-hybridized carbons (Fsp3) is 0.455. The third kappa shape index (κ3) is 3.60. The van der Waals surface area contributed by atoms with Crippen molar-refractivity contribution in [3.8, 4) is 0 Å². The van der Waals surface area contributed by atoms with Crippen molar-refractivity contribution in [3.63, 3.8) is 0 Å². The maximum atomic E-state index is 10.7. The molecule has 1 heterocycles. The van der Waals surface area contributed by atoms with Crippen LogP contribution >= 0.6 is 0 Å². The van der Waals surface area contributed by atoms with E-state index in [4.69, 9.17) is 5.11 Å². The van der Waals surface area contributed by atoms with E-state index in [1.807, 2.05) is 12.1 Å². The van der Waals surface area contributed by atoms with Crippen molar-refractivity contribution in [1.82, 2.24) is 9.88 Å². The lowest BCUT2D eigenvalue weighted by Crippen LogP contribution is -2.45. The molecule has 16 heavy (non-hydrogen) atoms. The van der Waals surface area contributed by atoms with Crippen LogP contribution in [0.3, 0.4) is 0 Å². The van der Waals surface area contributed by atoms with Crippen molar-refractivity contribution in [2.75, 3.05) is 13.6 Å². The van der Waals surface area contributed by atoms with Crippen molar-refractivity contribution in [3.05, 3.63) is 30.1 Å². The van der Waals surface area contributed by atoms with Crippen LogP contribution in [-0.4, -0.2) is 45.3 Å². The largest absolute Gasteiger partial charge is 0.479 e. The number of hydrogen-bond donors (Lipinski definition) is 2. The Labute approximate surface area is 94.4 Å². The average Bonchev–Trinajstić information content (AvgIpc) is 2.17. The molecule has 88 valence electrons. The maximum Gasteiger partial charge on any atom is 0.336 e. The predicted octanol–water partition coefficient (Wildman–Crippen LogP) is 0.349. The molecule has 1 atom stereocenters. The highest BCUT2D eigenvalue weighted by Crippen LogP contribution is 2.08. The SMILES string of the molecule is CN(Cc1ccncc1)CC(C)(O)C(=O)O. The first-order chi connectivity index (χ1) is 7.42. The molecule has 0 bridgehead atoms. The lowest BCUT2D eigenvalue weighted by atomic mass is 10.1. The summed E-state index contributed by atoms with van der Waals surface area (Å²) < 4.78 is 0. The van der Waals surface area contributed by atoms with Crippen LogP contribution in [0.4, 0.5) is 0 Å². The normalized spacial score (nSPS) is 14.8. The number of hydrogen-bond acceptors (Lipinski definition) is 4. The van der Waals surface area contributed by atoms with Crippen LogP contribution in [0.15, 0.2) is 24.5 Å². The molecule has 0 saturated heterocycles. The number of aromatic nitrogens is 1. The Balaban J connectivity index is 2.54. The van der Waals surface area contributed by atoms with Gasteiger partial charge in [0.25, 0.3) is 0 Å². The summed E-state index contributed by atoms with van der Waals surface area (Å²) in [6.45, 7) is 1.94. The van der Waals surface area contributed by atoms with Gasteiger partial charge in [-0.05, 0) is 31.7 Å². The van der Waals surface area contributed by atoms with Crippen LogP contribution in [0, 0.1) is 0 Å². The molecule has 1 rings (SSSR count). The fourth-order valence-corrected chi connectivity index (χ4v) is 1.45. The van der Waals surface area contributed by atoms with Gasteiger partial charge in [0.15, 0.2) is 5.60 Å². The van der Waals surface area contributed by atoms with Crippen LogP contribution in [0.25, 0.3) is 0 Å². The summed E-state index contributed by atoms with van der Waals surface area (Å²) in [4.78, 5) is 16.4. The van der Waals surface area contributed by atoms with Gasteiger partial charge in [0.05, 0.1) is 0 Å². The monoisotopic (exact) mass is 224 g/mol. The number of aliphatic hydroxyl groups is 1. The molecule has 0 aliphatic carbocycles. The summed E-state index contributed by atoms with van der Waals surface area (Å²) >= 11 is 0. The Bertz CT molecular complexity index is 352. The molecule has 0 aliphatic heterocycles. The van der Waals surface area contributed by atoms with Gasteiger partial charge in [0.1, 0.15) is 0 Å².